The third-order valence-electron chi connectivity index (χ3n) is 3.27. The highest BCUT2D eigenvalue weighted by Gasteiger charge is 2.06. The second kappa shape index (κ2) is 8.57. The van der Waals surface area contributed by atoms with E-state index in [1.54, 1.807) is 0 Å². The molecule has 0 aliphatic rings. The van der Waals surface area contributed by atoms with Crippen LogP contribution in [0.1, 0.15) is 23.1 Å². The molecule has 2 rings (SSSR count). The molecule has 1 heterocycles. The highest BCUT2D eigenvalue weighted by molar-refractivity contribution is 5.75. The molecule has 0 unspecified atom stereocenters. The summed E-state index contributed by atoms with van der Waals surface area (Å²) in [5.74, 6) is 0.0821. The predicted molar refractivity (Wildman–Crippen MR) is 79.0 cm³/mol. The minimum absolute atomic E-state index is 0. The van der Waals surface area contributed by atoms with E-state index in [2.05, 4.69) is 31.3 Å². The maximum Gasteiger partial charge on any atom is 0.226 e. The lowest BCUT2D eigenvalue weighted by Crippen LogP contribution is -3.00. The van der Waals surface area contributed by atoms with Crippen molar-refractivity contribution in [2.24, 2.45) is 0 Å². The smallest absolute Gasteiger partial charge is 0.226 e. The number of aryl methyl sites for hydroxylation is 3. The van der Waals surface area contributed by atoms with E-state index in [-0.39, 0.29) is 22.9 Å². The van der Waals surface area contributed by atoms with Gasteiger partial charge < -0.3 is 22.3 Å². The van der Waals surface area contributed by atoms with Gasteiger partial charge in [-0.3, -0.25) is 4.79 Å². The summed E-state index contributed by atoms with van der Waals surface area (Å²) in [5, 5.41) is 2.95. The van der Waals surface area contributed by atoms with Crippen LogP contribution in [-0.2, 0) is 17.9 Å². The lowest BCUT2D eigenvalue weighted by Gasteiger charge is -2.04. The van der Waals surface area contributed by atoms with Crippen LogP contribution in [-0.4, -0.2) is 5.91 Å². The Bertz CT molecular complexity index is 513. The molecule has 0 spiro atoms. The number of benzene rings is 1. The molecule has 112 valence electrons. The Kier molecular flexibility index (Phi) is 7.09. The van der Waals surface area contributed by atoms with Crippen LogP contribution < -0.4 is 26.9 Å². The average Bonchev–Trinajstić information content (AvgIpc) is 2.46. The molecule has 0 fully saturated rings. The van der Waals surface area contributed by atoms with Crippen LogP contribution in [0.15, 0.2) is 48.8 Å². The van der Waals surface area contributed by atoms with Crippen molar-refractivity contribution in [2.75, 3.05) is 0 Å². The summed E-state index contributed by atoms with van der Waals surface area (Å²) in [5.41, 5.74) is 3.59. The highest BCUT2D eigenvalue weighted by atomic mass is 79.9. The van der Waals surface area contributed by atoms with Crippen LogP contribution >= 0.6 is 0 Å². The first-order valence-corrected chi connectivity index (χ1v) is 6.91. The van der Waals surface area contributed by atoms with Gasteiger partial charge in [0.1, 0.15) is 0 Å². The second-order valence-electron chi connectivity index (χ2n) is 5.13. The fourth-order valence-corrected chi connectivity index (χ4v) is 1.91. The van der Waals surface area contributed by atoms with Gasteiger partial charge in [0.25, 0.3) is 0 Å². The predicted octanol–water partition coefficient (Wildman–Crippen LogP) is -0.699. The summed E-state index contributed by atoms with van der Waals surface area (Å²) < 4.78 is 2.03. The lowest BCUT2D eigenvalue weighted by atomic mass is 10.1. The van der Waals surface area contributed by atoms with Gasteiger partial charge in [0.2, 0.25) is 5.91 Å². The molecule has 2 aromatic rings. The van der Waals surface area contributed by atoms with Crippen molar-refractivity contribution >= 4 is 5.91 Å². The number of amides is 1. The number of carbonyl (C=O) groups is 1. The van der Waals surface area contributed by atoms with Gasteiger partial charge in [-0.2, -0.15) is 0 Å². The van der Waals surface area contributed by atoms with Crippen molar-refractivity contribution in [3.63, 3.8) is 0 Å². The number of nitrogens with one attached hydrogen (secondary N) is 1. The molecule has 3 nitrogen and oxygen atoms in total. The maximum absolute atomic E-state index is 11.8. The molecule has 1 aromatic carbocycles. The Morgan fingerprint density at radius 2 is 1.57 bits per heavy atom. The quantitative estimate of drug-likeness (QED) is 0.712. The molecule has 1 N–H and O–H groups in total. The van der Waals surface area contributed by atoms with Crippen LogP contribution in [0.2, 0.25) is 0 Å². The SMILES string of the molecule is Cc1ccc(CNC(=O)CC[n+]2ccc(C)cc2)cc1.[Br-]. The van der Waals surface area contributed by atoms with Crippen molar-refractivity contribution in [3.05, 3.63) is 65.5 Å². The lowest BCUT2D eigenvalue weighted by molar-refractivity contribution is -0.695. The summed E-state index contributed by atoms with van der Waals surface area (Å²) in [6.07, 6.45) is 4.50. The summed E-state index contributed by atoms with van der Waals surface area (Å²) in [7, 11) is 0. The van der Waals surface area contributed by atoms with Crippen molar-refractivity contribution < 1.29 is 26.3 Å². The fraction of sp³-hybridized carbons (Fsp3) is 0.294. The van der Waals surface area contributed by atoms with E-state index < -0.39 is 0 Å². The Morgan fingerprint density at radius 1 is 1.00 bits per heavy atom. The van der Waals surface area contributed by atoms with Crippen LogP contribution in [0, 0.1) is 13.8 Å². The summed E-state index contributed by atoms with van der Waals surface area (Å²) in [6, 6.07) is 12.3. The van der Waals surface area contributed by atoms with Gasteiger partial charge in [0.05, 0.1) is 6.42 Å². The number of carbonyl (C=O) groups excluding carboxylic acids is 1. The summed E-state index contributed by atoms with van der Waals surface area (Å²) in [6.45, 7) is 5.41. The maximum atomic E-state index is 11.8. The number of rotatable bonds is 5. The molecule has 0 aliphatic carbocycles. The van der Waals surface area contributed by atoms with Gasteiger partial charge in [0, 0.05) is 18.7 Å². The zero-order valence-electron chi connectivity index (χ0n) is 12.5. The van der Waals surface area contributed by atoms with E-state index in [0.29, 0.717) is 19.5 Å². The molecule has 0 saturated heterocycles. The van der Waals surface area contributed by atoms with E-state index in [4.69, 9.17) is 0 Å². The largest absolute Gasteiger partial charge is 1.00 e. The minimum Gasteiger partial charge on any atom is -1.00 e. The molecule has 0 bridgehead atoms. The van der Waals surface area contributed by atoms with Crippen molar-refractivity contribution in [1.82, 2.24) is 5.32 Å². The molecule has 0 radical (unpaired) electrons. The van der Waals surface area contributed by atoms with E-state index in [9.17, 15) is 4.79 Å². The fourth-order valence-electron chi connectivity index (χ4n) is 1.91. The van der Waals surface area contributed by atoms with E-state index in [1.807, 2.05) is 41.2 Å². The molecule has 21 heavy (non-hydrogen) atoms. The van der Waals surface area contributed by atoms with Crippen LogP contribution in [0.4, 0.5) is 0 Å². The zero-order valence-corrected chi connectivity index (χ0v) is 14.1. The van der Waals surface area contributed by atoms with Crippen LogP contribution in [0.5, 0.6) is 0 Å². The Hall–Kier alpha value is -1.68. The van der Waals surface area contributed by atoms with Crippen LogP contribution in [0.25, 0.3) is 0 Å². The first kappa shape index (κ1) is 17.4. The molecule has 0 saturated carbocycles. The Labute approximate surface area is 136 Å². The molecular formula is C17H21BrN2O. The molecule has 0 atom stereocenters. The van der Waals surface area contributed by atoms with Crippen molar-refractivity contribution in [1.29, 1.82) is 0 Å². The molecule has 1 amide bonds. The normalized spacial score (nSPS) is 9.81. The second-order valence-corrected chi connectivity index (χ2v) is 5.13. The number of aromatic nitrogens is 1. The number of halogens is 1. The number of pyridine rings is 1. The van der Waals surface area contributed by atoms with Crippen molar-refractivity contribution in [3.8, 4) is 0 Å². The van der Waals surface area contributed by atoms with Crippen molar-refractivity contribution in [2.45, 2.75) is 33.4 Å². The van der Waals surface area contributed by atoms with Gasteiger partial charge in [-0.05, 0) is 25.0 Å². The van der Waals surface area contributed by atoms with E-state index in [1.165, 1.54) is 11.1 Å². The average molecular weight is 349 g/mol. The monoisotopic (exact) mass is 348 g/mol. The van der Waals surface area contributed by atoms with E-state index in [0.717, 1.165) is 5.56 Å². The van der Waals surface area contributed by atoms with E-state index >= 15 is 0 Å². The van der Waals surface area contributed by atoms with Gasteiger partial charge >= 0.3 is 0 Å². The summed E-state index contributed by atoms with van der Waals surface area (Å²) in [4.78, 5) is 11.8. The first-order valence-electron chi connectivity index (χ1n) is 6.91. The van der Waals surface area contributed by atoms with Crippen LogP contribution in [0.3, 0.4) is 0 Å². The third-order valence-corrected chi connectivity index (χ3v) is 3.27. The molecular weight excluding hydrogens is 328 g/mol. The third kappa shape index (κ3) is 6.08. The molecule has 4 heteroatoms. The minimum atomic E-state index is 0. The standard InChI is InChI=1S/C17H20N2O.BrH/c1-14-3-5-16(6-4-14)13-18-17(20)9-12-19-10-7-15(2)8-11-19;/h3-8,10-11H,9,12-13H2,1-2H3;1H. The summed E-state index contributed by atoms with van der Waals surface area (Å²) >= 11 is 0. The number of hydrogen-bond acceptors (Lipinski definition) is 1. The van der Waals surface area contributed by atoms with Gasteiger partial charge in [-0.25, -0.2) is 4.57 Å². The number of hydrogen-bond donors (Lipinski definition) is 1. The Balaban J connectivity index is 0.00000220. The topological polar surface area (TPSA) is 33.0 Å². The first-order chi connectivity index (χ1) is 9.63. The zero-order chi connectivity index (χ0) is 14.4. The highest BCUT2D eigenvalue weighted by Crippen LogP contribution is 2.02. The molecule has 1 aromatic heterocycles. The van der Waals surface area contributed by atoms with Gasteiger partial charge in [-0.15, -0.1) is 0 Å². The molecule has 0 aliphatic heterocycles. The van der Waals surface area contributed by atoms with Gasteiger partial charge in [-0.1, -0.05) is 29.8 Å². The Morgan fingerprint density at radius 3 is 2.19 bits per heavy atom. The number of nitrogens with zero attached hydrogens (tertiary/aromatic N) is 1. The van der Waals surface area contributed by atoms with Gasteiger partial charge in [0.15, 0.2) is 18.9 Å².